The summed E-state index contributed by atoms with van der Waals surface area (Å²) in [7, 11) is 1.83. The average molecular weight is 338 g/mol. The third-order valence-corrected chi connectivity index (χ3v) is 4.55. The van der Waals surface area contributed by atoms with Crippen molar-refractivity contribution >= 4 is 11.7 Å². The Morgan fingerprint density at radius 2 is 1.72 bits per heavy atom. The Balaban J connectivity index is 1.97. The van der Waals surface area contributed by atoms with Crippen LogP contribution in [0.25, 0.3) is 11.1 Å². The Morgan fingerprint density at radius 3 is 2.44 bits per heavy atom. The summed E-state index contributed by atoms with van der Waals surface area (Å²) in [5.41, 5.74) is 4.46. The van der Waals surface area contributed by atoms with Crippen LogP contribution in [0.4, 0.5) is 10.5 Å². The molecule has 25 heavy (non-hydrogen) atoms. The second kappa shape index (κ2) is 9.87. The van der Waals surface area contributed by atoms with Gasteiger partial charge in [-0.05, 0) is 42.2 Å². The van der Waals surface area contributed by atoms with Crippen molar-refractivity contribution in [2.45, 2.75) is 46.0 Å². The molecule has 0 radical (unpaired) electrons. The highest BCUT2D eigenvalue weighted by Gasteiger charge is 2.12. The van der Waals surface area contributed by atoms with E-state index in [4.69, 9.17) is 0 Å². The maximum Gasteiger partial charge on any atom is 0.321 e. The minimum atomic E-state index is -0.0432. The molecule has 0 spiro atoms. The molecule has 3 heteroatoms. The van der Waals surface area contributed by atoms with Crippen LogP contribution in [0.15, 0.2) is 48.5 Å². The molecule has 0 aromatic heterocycles. The number of anilines is 1. The van der Waals surface area contributed by atoms with Crippen LogP contribution in [-0.4, -0.2) is 19.6 Å². The lowest BCUT2D eigenvalue weighted by Gasteiger charge is -2.20. The molecule has 0 atom stereocenters. The zero-order valence-corrected chi connectivity index (χ0v) is 15.7. The first kappa shape index (κ1) is 19.0. The van der Waals surface area contributed by atoms with Gasteiger partial charge in [0.25, 0.3) is 0 Å². The summed E-state index contributed by atoms with van der Waals surface area (Å²) in [6.07, 6.45) is 6.00. The van der Waals surface area contributed by atoms with Crippen molar-refractivity contribution in [2.75, 3.05) is 18.5 Å². The number of hydrogen-bond donors (Lipinski definition) is 1. The van der Waals surface area contributed by atoms with E-state index in [0.717, 1.165) is 24.2 Å². The van der Waals surface area contributed by atoms with E-state index in [2.05, 4.69) is 43.4 Å². The number of amides is 2. The normalized spacial score (nSPS) is 10.5. The van der Waals surface area contributed by atoms with Gasteiger partial charge in [-0.2, -0.15) is 0 Å². The van der Waals surface area contributed by atoms with Crippen LogP contribution >= 0.6 is 0 Å². The Hall–Kier alpha value is -2.29. The van der Waals surface area contributed by atoms with E-state index < -0.39 is 0 Å². The molecular formula is C22H30N2O. The van der Waals surface area contributed by atoms with E-state index >= 15 is 0 Å². The molecule has 0 unspecified atom stereocenters. The number of benzene rings is 2. The summed E-state index contributed by atoms with van der Waals surface area (Å²) in [6, 6.07) is 16.4. The third kappa shape index (κ3) is 5.63. The van der Waals surface area contributed by atoms with Crippen LogP contribution in [0.5, 0.6) is 0 Å². The Kier molecular flexibility index (Phi) is 7.52. The van der Waals surface area contributed by atoms with Crippen LogP contribution in [0, 0.1) is 6.92 Å². The zero-order valence-electron chi connectivity index (χ0n) is 15.7. The SMILES string of the molecule is CCCCCCCNC(=O)N(C)c1ccc(C)c(-c2ccccc2)c1. The number of urea groups is 1. The molecular weight excluding hydrogens is 308 g/mol. The fraction of sp³-hybridized carbons (Fsp3) is 0.409. The van der Waals surface area contributed by atoms with Crippen molar-refractivity contribution in [3.63, 3.8) is 0 Å². The van der Waals surface area contributed by atoms with Crippen molar-refractivity contribution in [2.24, 2.45) is 0 Å². The number of hydrogen-bond acceptors (Lipinski definition) is 1. The molecule has 2 aromatic carbocycles. The molecule has 134 valence electrons. The van der Waals surface area contributed by atoms with Gasteiger partial charge in [0.15, 0.2) is 0 Å². The van der Waals surface area contributed by atoms with E-state index in [9.17, 15) is 4.79 Å². The number of aryl methyl sites for hydroxylation is 1. The molecule has 0 saturated carbocycles. The molecule has 2 aromatic rings. The highest BCUT2D eigenvalue weighted by Crippen LogP contribution is 2.27. The topological polar surface area (TPSA) is 32.3 Å². The zero-order chi connectivity index (χ0) is 18.1. The summed E-state index contributed by atoms with van der Waals surface area (Å²) < 4.78 is 0. The quantitative estimate of drug-likeness (QED) is 0.608. The highest BCUT2D eigenvalue weighted by atomic mass is 16.2. The van der Waals surface area contributed by atoms with E-state index in [0.29, 0.717) is 0 Å². The number of carbonyl (C=O) groups excluding carboxylic acids is 1. The lowest BCUT2D eigenvalue weighted by Crippen LogP contribution is -2.37. The molecule has 0 bridgehead atoms. The van der Waals surface area contributed by atoms with Crippen molar-refractivity contribution in [1.29, 1.82) is 0 Å². The fourth-order valence-electron chi connectivity index (χ4n) is 2.91. The van der Waals surface area contributed by atoms with Gasteiger partial charge in [0, 0.05) is 19.3 Å². The number of unbranched alkanes of at least 4 members (excludes halogenated alkanes) is 4. The van der Waals surface area contributed by atoms with E-state index in [1.165, 1.54) is 36.8 Å². The largest absolute Gasteiger partial charge is 0.338 e. The maximum atomic E-state index is 12.4. The molecule has 1 N–H and O–H groups in total. The molecule has 2 rings (SSSR count). The van der Waals surface area contributed by atoms with E-state index in [1.807, 2.05) is 31.3 Å². The summed E-state index contributed by atoms with van der Waals surface area (Å²) in [4.78, 5) is 14.1. The van der Waals surface area contributed by atoms with Crippen LogP contribution in [0.3, 0.4) is 0 Å². The molecule has 0 aliphatic rings. The Labute approximate surface area is 152 Å². The first-order valence-corrected chi connectivity index (χ1v) is 9.31. The lowest BCUT2D eigenvalue weighted by molar-refractivity contribution is 0.247. The molecule has 0 fully saturated rings. The van der Waals surface area contributed by atoms with Gasteiger partial charge in [-0.1, -0.05) is 69.0 Å². The average Bonchev–Trinajstić information content (AvgIpc) is 2.65. The summed E-state index contributed by atoms with van der Waals surface area (Å²) >= 11 is 0. The van der Waals surface area contributed by atoms with Gasteiger partial charge in [0.1, 0.15) is 0 Å². The fourth-order valence-corrected chi connectivity index (χ4v) is 2.91. The molecule has 2 amide bonds. The minimum Gasteiger partial charge on any atom is -0.338 e. The van der Waals surface area contributed by atoms with Crippen LogP contribution < -0.4 is 10.2 Å². The molecule has 0 aliphatic carbocycles. The molecule has 0 saturated heterocycles. The van der Waals surface area contributed by atoms with Crippen LogP contribution in [0.2, 0.25) is 0 Å². The minimum absolute atomic E-state index is 0.0432. The number of carbonyl (C=O) groups is 1. The van der Waals surface area contributed by atoms with Gasteiger partial charge in [-0.3, -0.25) is 4.90 Å². The maximum absolute atomic E-state index is 12.4. The van der Waals surface area contributed by atoms with Gasteiger partial charge in [0.05, 0.1) is 0 Å². The van der Waals surface area contributed by atoms with Gasteiger partial charge in [0.2, 0.25) is 0 Å². The number of rotatable bonds is 8. The van der Waals surface area contributed by atoms with Crippen molar-refractivity contribution < 1.29 is 4.79 Å². The van der Waals surface area contributed by atoms with Gasteiger partial charge >= 0.3 is 6.03 Å². The smallest absolute Gasteiger partial charge is 0.321 e. The molecule has 0 aliphatic heterocycles. The summed E-state index contributed by atoms with van der Waals surface area (Å²) in [5, 5.41) is 3.02. The van der Waals surface area contributed by atoms with Gasteiger partial charge < -0.3 is 5.32 Å². The second-order valence-electron chi connectivity index (χ2n) is 6.57. The van der Waals surface area contributed by atoms with Crippen LogP contribution in [0.1, 0.15) is 44.6 Å². The predicted octanol–water partition coefficient (Wildman–Crippen LogP) is 5.78. The highest BCUT2D eigenvalue weighted by molar-refractivity contribution is 5.92. The molecule has 3 nitrogen and oxygen atoms in total. The monoisotopic (exact) mass is 338 g/mol. The first-order chi connectivity index (χ1) is 12.1. The van der Waals surface area contributed by atoms with Crippen molar-refractivity contribution in [1.82, 2.24) is 5.32 Å². The third-order valence-electron chi connectivity index (χ3n) is 4.55. The standard InChI is InChI=1S/C22H30N2O/c1-4-5-6-7-11-16-23-22(25)24(3)20-15-14-18(2)21(17-20)19-12-9-8-10-13-19/h8-10,12-15,17H,4-7,11,16H2,1-3H3,(H,23,25). The lowest BCUT2D eigenvalue weighted by atomic mass is 10.00. The predicted molar refractivity (Wildman–Crippen MR) is 107 cm³/mol. The first-order valence-electron chi connectivity index (χ1n) is 9.31. The van der Waals surface area contributed by atoms with Gasteiger partial charge in [-0.15, -0.1) is 0 Å². The van der Waals surface area contributed by atoms with Gasteiger partial charge in [-0.25, -0.2) is 4.79 Å². The van der Waals surface area contributed by atoms with Crippen LogP contribution in [-0.2, 0) is 0 Å². The van der Waals surface area contributed by atoms with Crippen molar-refractivity contribution in [3.05, 3.63) is 54.1 Å². The summed E-state index contributed by atoms with van der Waals surface area (Å²) in [6.45, 7) is 5.05. The Morgan fingerprint density at radius 1 is 1.00 bits per heavy atom. The summed E-state index contributed by atoms with van der Waals surface area (Å²) in [5.74, 6) is 0. The number of nitrogens with one attached hydrogen (secondary N) is 1. The van der Waals surface area contributed by atoms with Crippen molar-refractivity contribution in [3.8, 4) is 11.1 Å². The second-order valence-corrected chi connectivity index (χ2v) is 6.57. The molecule has 0 heterocycles. The Bertz CT molecular complexity index is 667. The van der Waals surface area contributed by atoms with E-state index in [-0.39, 0.29) is 6.03 Å². The number of nitrogens with zero attached hydrogens (tertiary/aromatic N) is 1. The van der Waals surface area contributed by atoms with E-state index in [1.54, 1.807) is 4.90 Å².